The Morgan fingerprint density at radius 1 is 1.35 bits per heavy atom. The Hall–Kier alpha value is -0.570. The third-order valence-corrected chi connectivity index (χ3v) is 4.14. The van der Waals surface area contributed by atoms with Crippen molar-refractivity contribution in [2.24, 2.45) is 23.7 Å². The first kappa shape index (κ1) is 14.5. The predicted molar refractivity (Wildman–Crippen MR) is 67.7 cm³/mol. The molecular weight excluding hydrogens is 216 g/mol. The molecule has 0 radical (unpaired) electrons. The lowest BCUT2D eigenvalue weighted by atomic mass is 9.68. The molecule has 0 aromatic rings. The van der Waals surface area contributed by atoms with Crippen molar-refractivity contribution in [1.82, 2.24) is 0 Å². The number of carbonyl (C=O) groups is 1. The number of hydrogen-bond donors (Lipinski definition) is 2. The summed E-state index contributed by atoms with van der Waals surface area (Å²) < 4.78 is 0. The van der Waals surface area contributed by atoms with Gasteiger partial charge in [0.2, 0.25) is 0 Å². The van der Waals surface area contributed by atoms with Gasteiger partial charge in [0.1, 0.15) is 0 Å². The summed E-state index contributed by atoms with van der Waals surface area (Å²) in [4.78, 5) is 10.6. The van der Waals surface area contributed by atoms with E-state index in [0.29, 0.717) is 30.1 Å². The van der Waals surface area contributed by atoms with Gasteiger partial charge in [0.25, 0.3) is 0 Å². The molecule has 0 bridgehead atoms. The van der Waals surface area contributed by atoms with Crippen LogP contribution in [0.1, 0.15) is 52.9 Å². The lowest BCUT2D eigenvalue weighted by molar-refractivity contribution is -0.139. The fourth-order valence-electron chi connectivity index (χ4n) is 3.31. The number of aliphatic hydroxyl groups excluding tert-OH is 1. The lowest BCUT2D eigenvalue weighted by Crippen LogP contribution is -2.31. The van der Waals surface area contributed by atoms with Crippen molar-refractivity contribution in [2.45, 2.75) is 59.0 Å². The highest BCUT2D eigenvalue weighted by molar-refractivity contribution is 5.67. The van der Waals surface area contributed by atoms with Crippen molar-refractivity contribution in [3.05, 3.63) is 0 Å². The molecule has 1 aliphatic carbocycles. The van der Waals surface area contributed by atoms with E-state index in [1.54, 1.807) is 0 Å². The Morgan fingerprint density at radius 2 is 2.00 bits per heavy atom. The second kappa shape index (κ2) is 6.39. The third-order valence-electron chi connectivity index (χ3n) is 4.14. The summed E-state index contributed by atoms with van der Waals surface area (Å²) in [5.74, 6) is 1.58. The van der Waals surface area contributed by atoms with E-state index in [-0.39, 0.29) is 6.42 Å². The molecule has 4 atom stereocenters. The molecule has 0 saturated heterocycles. The molecule has 1 rings (SSSR count). The van der Waals surface area contributed by atoms with Crippen LogP contribution >= 0.6 is 0 Å². The normalized spacial score (nSPS) is 31.5. The topological polar surface area (TPSA) is 57.5 Å². The summed E-state index contributed by atoms with van der Waals surface area (Å²) in [6.07, 6.45) is 3.50. The van der Waals surface area contributed by atoms with Crippen LogP contribution in [0, 0.1) is 23.7 Å². The van der Waals surface area contributed by atoms with Crippen LogP contribution in [-0.2, 0) is 4.79 Å². The lowest BCUT2D eigenvalue weighted by Gasteiger charge is -2.38. The van der Waals surface area contributed by atoms with Crippen LogP contribution in [0.3, 0.4) is 0 Å². The summed E-state index contributed by atoms with van der Waals surface area (Å²) in [5, 5.41) is 18.5. The number of rotatable bonds is 5. The fourth-order valence-corrected chi connectivity index (χ4v) is 3.31. The molecule has 1 saturated carbocycles. The van der Waals surface area contributed by atoms with Crippen molar-refractivity contribution >= 4 is 5.97 Å². The van der Waals surface area contributed by atoms with Gasteiger partial charge >= 0.3 is 5.97 Å². The van der Waals surface area contributed by atoms with Gasteiger partial charge in [-0.25, -0.2) is 0 Å². The van der Waals surface area contributed by atoms with E-state index in [1.165, 1.54) is 12.8 Å². The van der Waals surface area contributed by atoms with E-state index in [1.807, 2.05) is 0 Å². The van der Waals surface area contributed by atoms with Crippen LogP contribution in [0.2, 0.25) is 0 Å². The van der Waals surface area contributed by atoms with Crippen LogP contribution in [0.25, 0.3) is 0 Å². The van der Waals surface area contributed by atoms with Crippen LogP contribution < -0.4 is 0 Å². The van der Waals surface area contributed by atoms with Crippen molar-refractivity contribution < 1.29 is 15.0 Å². The zero-order valence-corrected chi connectivity index (χ0v) is 11.2. The first-order valence-corrected chi connectivity index (χ1v) is 6.80. The van der Waals surface area contributed by atoms with Crippen LogP contribution in [0.4, 0.5) is 0 Å². The Labute approximate surface area is 104 Å². The van der Waals surface area contributed by atoms with Gasteiger partial charge in [-0.15, -0.1) is 0 Å². The standard InChI is InChI=1S/C14H26O3/c1-9(2)13-5-4-10(3)6-11(13)7-12(15)8-14(16)17/h9-13,15H,4-8H2,1-3H3,(H,16,17)/t10?,11?,12-,13?/m1/s1. The number of carboxylic acid groups (broad SMARTS) is 1. The quantitative estimate of drug-likeness (QED) is 0.779. The summed E-state index contributed by atoms with van der Waals surface area (Å²) in [6, 6.07) is 0. The minimum Gasteiger partial charge on any atom is -0.481 e. The van der Waals surface area contributed by atoms with Gasteiger partial charge in [0.15, 0.2) is 0 Å². The number of carboxylic acids is 1. The highest BCUT2D eigenvalue weighted by Crippen LogP contribution is 2.40. The third kappa shape index (κ3) is 4.66. The average Bonchev–Trinajstić information content (AvgIpc) is 2.15. The van der Waals surface area contributed by atoms with Gasteiger partial charge in [-0.05, 0) is 42.9 Å². The fraction of sp³-hybridized carbons (Fsp3) is 0.929. The molecule has 0 spiro atoms. The number of hydrogen-bond acceptors (Lipinski definition) is 2. The Kier molecular flexibility index (Phi) is 5.44. The molecule has 0 aliphatic heterocycles. The van der Waals surface area contributed by atoms with Crippen LogP contribution in [-0.4, -0.2) is 22.3 Å². The Morgan fingerprint density at radius 3 is 2.53 bits per heavy atom. The molecule has 0 heterocycles. The van der Waals surface area contributed by atoms with Crippen LogP contribution in [0.5, 0.6) is 0 Å². The molecule has 0 amide bonds. The first-order valence-electron chi connectivity index (χ1n) is 6.80. The number of aliphatic carboxylic acids is 1. The zero-order valence-electron chi connectivity index (χ0n) is 11.2. The van der Waals surface area contributed by atoms with E-state index >= 15 is 0 Å². The minimum absolute atomic E-state index is 0.115. The highest BCUT2D eigenvalue weighted by Gasteiger charge is 2.32. The predicted octanol–water partition coefficient (Wildman–Crippen LogP) is 2.92. The maximum Gasteiger partial charge on any atom is 0.305 e. The van der Waals surface area contributed by atoms with E-state index in [4.69, 9.17) is 5.11 Å². The molecule has 3 heteroatoms. The highest BCUT2D eigenvalue weighted by atomic mass is 16.4. The van der Waals surface area contributed by atoms with E-state index in [2.05, 4.69) is 20.8 Å². The first-order chi connectivity index (χ1) is 7.90. The van der Waals surface area contributed by atoms with Crippen molar-refractivity contribution in [3.63, 3.8) is 0 Å². The smallest absolute Gasteiger partial charge is 0.305 e. The van der Waals surface area contributed by atoms with Gasteiger partial charge in [0, 0.05) is 0 Å². The molecule has 0 aromatic heterocycles. The molecule has 0 aromatic carbocycles. The molecule has 1 aliphatic rings. The van der Waals surface area contributed by atoms with Crippen LogP contribution in [0.15, 0.2) is 0 Å². The van der Waals surface area contributed by atoms with Crippen molar-refractivity contribution in [1.29, 1.82) is 0 Å². The zero-order chi connectivity index (χ0) is 13.0. The van der Waals surface area contributed by atoms with Crippen molar-refractivity contribution in [3.8, 4) is 0 Å². The molecule has 2 N–H and O–H groups in total. The molecular formula is C14H26O3. The summed E-state index contributed by atoms with van der Waals surface area (Å²) >= 11 is 0. The van der Waals surface area contributed by atoms with E-state index in [0.717, 1.165) is 6.42 Å². The number of aliphatic hydroxyl groups is 1. The van der Waals surface area contributed by atoms with E-state index in [9.17, 15) is 9.90 Å². The van der Waals surface area contributed by atoms with Gasteiger partial charge < -0.3 is 10.2 Å². The monoisotopic (exact) mass is 242 g/mol. The molecule has 17 heavy (non-hydrogen) atoms. The Balaban J connectivity index is 2.54. The average molecular weight is 242 g/mol. The maximum absolute atomic E-state index is 10.6. The van der Waals surface area contributed by atoms with Gasteiger partial charge in [-0.1, -0.05) is 27.2 Å². The Bertz CT molecular complexity index is 250. The van der Waals surface area contributed by atoms with E-state index < -0.39 is 12.1 Å². The molecule has 3 unspecified atom stereocenters. The minimum atomic E-state index is -0.901. The maximum atomic E-state index is 10.6. The summed E-state index contributed by atoms with van der Waals surface area (Å²) in [5.41, 5.74) is 0. The summed E-state index contributed by atoms with van der Waals surface area (Å²) in [6.45, 7) is 6.72. The molecule has 100 valence electrons. The second-order valence-corrected chi connectivity index (χ2v) is 6.07. The SMILES string of the molecule is CC1CCC(C(C)C)C(C[C@@H](O)CC(=O)O)C1. The van der Waals surface area contributed by atoms with Gasteiger partial charge in [-0.3, -0.25) is 4.79 Å². The van der Waals surface area contributed by atoms with Gasteiger partial charge in [-0.2, -0.15) is 0 Å². The molecule has 1 fully saturated rings. The largest absolute Gasteiger partial charge is 0.481 e. The second-order valence-electron chi connectivity index (χ2n) is 6.07. The summed E-state index contributed by atoms with van der Waals surface area (Å²) in [7, 11) is 0. The van der Waals surface area contributed by atoms with Crippen molar-refractivity contribution in [2.75, 3.05) is 0 Å². The van der Waals surface area contributed by atoms with Gasteiger partial charge in [0.05, 0.1) is 12.5 Å². The molecule has 3 nitrogen and oxygen atoms in total.